The Morgan fingerprint density at radius 2 is 1.80 bits per heavy atom. The number of nitrogens with zero attached hydrogens (tertiary/aromatic N) is 2. The van der Waals surface area contributed by atoms with Crippen molar-refractivity contribution >= 4 is 11.7 Å². The van der Waals surface area contributed by atoms with Gasteiger partial charge in [-0.25, -0.2) is 4.79 Å². The quantitative estimate of drug-likeness (QED) is 0.873. The van der Waals surface area contributed by atoms with Crippen LogP contribution in [-0.4, -0.2) is 49.1 Å². The van der Waals surface area contributed by atoms with E-state index in [1.54, 1.807) is 4.90 Å². The third-order valence-electron chi connectivity index (χ3n) is 5.38. The molecule has 2 saturated heterocycles. The molecule has 3 rings (SSSR count). The molecular weight excluding hydrogens is 331 g/mol. The summed E-state index contributed by atoms with van der Waals surface area (Å²) >= 11 is 0. The zero-order valence-corrected chi connectivity index (χ0v) is 14.4. The number of likely N-dealkylation sites (tertiary alicyclic amines) is 2. The maximum atomic E-state index is 12.8. The Morgan fingerprint density at radius 3 is 2.48 bits per heavy atom. The summed E-state index contributed by atoms with van der Waals surface area (Å²) in [5.41, 5.74) is -0.571. The molecule has 0 spiro atoms. The Morgan fingerprint density at radius 1 is 1.12 bits per heavy atom. The average Bonchev–Trinajstić information content (AvgIpc) is 3.05. The topological polar surface area (TPSA) is 35.6 Å². The number of nitrogens with one attached hydrogen (secondary N) is 1. The minimum atomic E-state index is -4.41. The van der Waals surface area contributed by atoms with Crippen LogP contribution in [0.2, 0.25) is 0 Å². The fourth-order valence-electron chi connectivity index (χ4n) is 3.83. The Balaban J connectivity index is 1.56. The molecule has 1 aromatic rings. The Hall–Kier alpha value is -1.76. The maximum absolute atomic E-state index is 12.8. The highest BCUT2D eigenvalue weighted by Gasteiger charge is 2.34. The van der Waals surface area contributed by atoms with Crippen LogP contribution < -0.4 is 5.32 Å². The predicted octanol–water partition coefficient (Wildman–Crippen LogP) is 3.90. The van der Waals surface area contributed by atoms with Crippen LogP contribution in [0, 0.1) is 11.8 Å². The summed E-state index contributed by atoms with van der Waals surface area (Å²) in [6.07, 6.45) is -1.12. The van der Waals surface area contributed by atoms with Crippen molar-refractivity contribution in [2.75, 3.05) is 38.5 Å². The van der Waals surface area contributed by atoms with Crippen LogP contribution in [0.15, 0.2) is 24.3 Å². The van der Waals surface area contributed by atoms with Gasteiger partial charge in [0.05, 0.1) is 5.56 Å². The molecule has 1 aromatic carbocycles. The zero-order valence-electron chi connectivity index (χ0n) is 14.4. The van der Waals surface area contributed by atoms with Gasteiger partial charge in [0.1, 0.15) is 0 Å². The molecule has 0 saturated carbocycles. The van der Waals surface area contributed by atoms with Crippen LogP contribution >= 0.6 is 0 Å². The molecule has 4 nitrogen and oxygen atoms in total. The second-order valence-corrected chi connectivity index (χ2v) is 7.14. The van der Waals surface area contributed by atoms with Gasteiger partial charge in [-0.3, -0.25) is 0 Å². The lowest BCUT2D eigenvalue weighted by Crippen LogP contribution is -2.36. The fraction of sp³-hybridized carbons (Fsp3) is 0.611. The van der Waals surface area contributed by atoms with Crippen LogP contribution in [0.1, 0.15) is 24.8 Å². The monoisotopic (exact) mass is 355 g/mol. The summed E-state index contributed by atoms with van der Waals surface area (Å²) in [7, 11) is 2.12. The first-order valence-electron chi connectivity index (χ1n) is 8.74. The van der Waals surface area contributed by atoms with E-state index in [4.69, 9.17) is 0 Å². The number of piperidine rings is 1. The third-order valence-corrected chi connectivity index (χ3v) is 5.38. The first-order valence-corrected chi connectivity index (χ1v) is 8.74. The molecule has 1 atom stereocenters. The number of benzene rings is 1. The molecule has 0 bridgehead atoms. The van der Waals surface area contributed by atoms with Crippen molar-refractivity contribution in [3.8, 4) is 0 Å². The van der Waals surface area contributed by atoms with E-state index >= 15 is 0 Å². The Bertz CT molecular complexity index is 612. The van der Waals surface area contributed by atoms with Gasteiger partial charge in [-0.2, -0.15) is 13.2 Å². The molecule has 0 aliphatic carbocycles. The highest BCUT2D eigenvalue weighted by atomic mass is 19.4. The van der Waals surface area contributed by atoms with Crippen molar-refractivity contribution in [2.45, 2.75) is 25.4 Å². The minimum Gasteiger partial charge on any atom is -0.324 e. The van der Waals surface area contributed by atoms with E-state index in [0.29, 0.717) is 24.9 Å². The molecule has 0 aromatic heterocycles. The van der Waals surface area contributed by atoms with Gasteiger partial charge in [0.2, 0.25) is 0 Å². The second-order valence-electron chi connectivity index (χ2n) is 7.14. The number of hydrogen-bond acceptors (Lipinski definition) is 2. The molecule has 2 aliphatic heterocycles. The summed E-state index contributed by atoms with van der Waals surface area (Å²) in [6, 6.07) is 4.46. The van der Waals surface area contributed by atoms with E-state index in [1.165, 1.54) is 12.1 Å². The molecule has 7 heteroatoms. The van der Waals surface area contributed by atoms with Crippen molar-refractivity contribution in [3.63, 3.8) is 0 Å². The lowest BCUT2D eigenvalue weighted by Gasteiger charge is -2.32. The molecule has 2 aliphatic rings. The molecule has 1 N–H and O–H groups in total. The third kappa shape index (κ3) is 4.45. The summed E-state index contributed by atoms with van der Waals surface area (Å²) in [5, 5.41) is 2.61. The van der Waals surface area contributed by atoms with Gasteiger partial charge in [-0.15, -0.1) is 0 Å². The number of urea groups is 1. The largest absolute Gasteiger partial charge is 0.416 e. The number of hydrogen-bond donors (Lipinski definition) is 1. The van der Waals surface area contributed by atoms with Crippen LogP contribution in [0.3, 0.4) is 0 Å². The lowest BCUT2D eigenvalue weighted by molar-refractivity contribution is -0.137. The number of amides is 2. The lowest BCUT2D eigenvalue weighted by atomic mass is 9.84. The van der Waals surface area contributed by atoms with E-state index in [0.717, 1.165) is 44.5 Å². The first-order chi connectivity index (χ1) is 11.8. The van der Waals surface area contributed by atoms with Crippen LogP contribution in [0.25, 0.3) is 0 Å². The number of anilines is 1. The van der Waals surface area contributed by atoms with Gasteiger partial charge in [0.15, 0.2) is 0 Å². The molecule has 2 heterocycles. The highest BCUT2D eigenvalue weighted by Crippen LogP contribution is 2.33. The Labute approximate surface area is 146 Å². The van der Waals surface area contributed by atoms with E-state index < -0.39 is 11.7 Å². The number of alkyl halides is 3. The van der Waals surface area contributed by atoms with Gasteiger partial charge >= 0.3 is 12.2 Å². The number of halogens is 3. The number of carbonyl (C=O) groups excluding carboxylic acids is 1. The summed E-state index contributed by atoms with van der Waals surface area (Å²) in [6.45, 7) is 3.55. The van der Waals surface area contributed by atoms with E-state index in [2.05, 4.69) is 17.3 Å². The van der Waals surface area contributed by atoms with Crippen LogP contribution in [-0.2, 0) is 6.18 Å². The van der Waals surface area contributed by atoms with Crippen LogP contribution in [0.4, 0.5) is 23.7 Å². The SMILES string of the molecule is CN1CCC(C2CCN(C(=O)Nc3cccc(C(F)(F)F)c3)C2)CC1. The van der Waals surface area contributed by atoms with Crippen molar-refractivity contribution < 1.29 is 18.0 Å². The van der Waals surface area contributed by atoms with E-state index in [-0.39, 0.29) is 11.7 Å². The predicted molar refractivity (Wildman–Crippen MR) is 90.4 cm³/mol. The highest BCUT2D eigenvalue weighted by molar-refractivity contribution is 5.89. The normalized spacial score (nSPS) is 23.0. The van der Waals surface area contributed by atoms with Gasteiger partial charge < -0.3 is 15.1 Å². The Kier molecular flexibility index (Phi) is 5.22. The molecule has 2 fully saturated rings. The molecule has 2 amide bonds. The van der Waals surface area contributed by atoms with Crippen molar-refractivity contribution in [2.24, 2.45) is 11.8 Å². The molecular formula is C18H24F3N3O. The maximum Gasteiger partial charge on any atom is 0.416 e. The van der Waals surface area contributed by atoms with E-state index in [9.17, 15) is 18.0 Å². The number of carbonyl (C=O) groups is 1. The van der Waals surface area contributed by atoms with Gasteiger partial charge in [0.25, 0.3) is 0 Å². The zero-order chi connectivity index (χ0) is 18.0. The summed E-state index contributed by atoms with van der Waals surface area (Å²) in [5.74, 6) is 1.14. The van der Waals surface area contributed by atoms with E-state index in [1.807, 2.05) is 0 Å². The number of rotatable bonds is 2. The minimum absolute atomic E-state index is 0.183. The smallest absolute Gasteiger partial charge is 0.324 e. The first kappa shape index (κ1) is 18.0. The standard InChI is InChI=1S/C18H24F3N3O/c1-23-8-5-13(6-9-23)14-7-10-24(12-14)17(25)22-16-4-2-3-15(11-16)18(19,20)21/h2-4,11,13-14H,5-10,12H2,1H3,(H,22,25). The van der Waals surface area contributed by atoms with Crippen molar-refractivity contribution in [1.29, 1.82) is 0 Å². The van der Waals surface area contributed by atoms with Crippen LogP contribution in [0.5, 0.6) is 0 Å². The van der Waals surface area contributed by atoms with Crippen molar-refractivity contribution in [3.05, 3.63) is 29.8 Å². The fourth-order valence-corrected chi connectivity index (χ4v) is 3.83. The summed E-state index contributed by atoms with van der Waals surface area (Å²) < 4.78 is 38.3. The molecule has 1 unspecified atom stereocenters. The van der Waals surface area contributed by atoms with Gasteiger partial charge in [-0.05, 0) is 69.4 Å². The second kappa shape index (κ2) is 7.23. The summed E-state index contributed by atoms with van der Waals surface area (Å²) in [4.78, 5) is 16.4. The average molecular weight is 355 g/mol. The van der Waals surface area contributed by atoms with Gasteiger partial charge in [0, 0.05) is 18.8 Å². The molecule has 138 valence electrons. The molecule has 25 heavy (non-hydrogen) atoms. The van der Waals surface area contributed by atoms with Gasteiger partial charge in [-0.1, -0.05) is 6.07 Å². The molecule has 0 radical (unpaired) electrons. The van der Waals surface area contributed by atoms with Crippen molar-refractivity contribution in [1.82, 2.24) is 9.80 Å².